The number of carbonyl (C=O) groups is 1. The van der Waals surface area contributed by atoms with Crippen LogP contribution in [0.5, 0.6) is 5.75 Å². The van der Waals surface area contributed by atoms with Crippen LogP contribution in [0, 0.1) is 0 Å². The van der Waals surface area contributed by atoms with Crippen LogP contribution >= 0.6 is 12.2 Å². The topological polar surface area (TPSA) is 83.5 Å². The molecule has 78 valence electrons. The molecule has 0 aromatic heterocycles. The fourth-order valence-corrected chi connectivity index (χ4v) is 1.15. The number of phenols is 1. The van der Waals surface area contributed by atoms with E-state index in [1.165, 1.54) is 12.1 Å². The standard InChI is InChI=1S/C10H9NO3S/c11-9(15)7(10(13)14)5-6-3-1-2-4-8(6)12/h1-5,12H,(H2,11,15)(H,13,14). The molecular formula is C10H9NO3S. The van der Waals surface area contributed by atoms with Crippen molar-refractivity contribution in [3.8, 4) is 5.75 Å². The van der Waals surface area contributed by atoms with Crippen LogP contribution in [-0.2, 0) is 4.79 Å². The molecule has 0 amide bonds. The molecule has 0 unspecified atom stereocenters. The average molecular weight is 223 g/mol. The Bertz CT molecular complexity index is 424. The summed E-state index contributed by atoms with van der Waals surface area (Å²) in [4.78, 5) is 10.5. The Hall–Kier alpha value is -1.88. The first-order valence-electron chi connectivity index (χ1n) is 4.05. The third-order valence-corrected chi connectivity index (χ3v) is 1.95. The Balaban J connectivity index is 3.19. The Morgan fingerprint density at radius 2 is 2.00 bits per heavy atom. The average Bonchev–Trinajstić information content (AvgIpc) is 2.15. The third-order valence-electron chi connectivity index (χ3n) is 1.73. The van der Waals surface area contributed by atoms with E-state index in [1.807, 2.05) is 0 Å². The number of carboxylic acid groups (broad SMARTS) is 1. The van der Waals surface area contributed by atoms with Crippen molar-refractivity contribution in [2.75, 3.05) is 0 Å². The lowest BCUT2D eigenvalue weighted by Crippen LogP contribution is -2.18. The van der Waals surface area contributed by atoms with Gasteiger partial charge in [0.15, 0.2) is 0 Å². The van der Waals surface area contributed by atoms with Crippen LogP contribution in [0.2, 0.25) is 0 Å². The quantitative estimate of drug-likeness (QED) is 0.528. The molecule has 4 N–H and O–H groups in total. The Morgan fingerprint density at radius 3 is 2.47 bits per heavy atom. The van der Waals surface area contributed by atoms with Gasteiger partial charge in [-0.15, -0.1) is 0 Å². The van der Waals surface area contributed by atoms with Gasteiger partial charge < -0.3 is 15.9 Å². The highest BCUT2D eigenvalue weighted by Crippen LogP contribution is 2.19. The first-order valence-corrected chi connectivity index (χ1v) is 4.46. The summed E-state index contributed by atoms with van der Waals surface area (Å²) in [6.45, 7) is 0. The van der Waals surface area contributed by atoms with Crippen molar-refractivity contribution in [2.45, 2.75) is 0 Å². The van der Waals surface area contributed by atoms with Crippen molar-refractivity contribution in [1.82, 2.24) is 0 Å². The predicted molar refractivity (Wildman–Crippen MR) is 60.5 cm³/mol. The summed E-state index contributed by atoms with van der Waals surface area (Å²) in [7, 11) is 0. The molecule has 0 saturated heterocycles. The Morgan fingerprint density at radius 1 is 1.40 bits per heavy atom. The van der Waals surface area contributed by atoms with Gasteiger partial charge in [-0.25, -0.2) is 4.79 Å². The third kappa shape index (κ3) is 2.78. The van der Waals surface area contributed by atoms with Gasteiger partial charge in [0.1, 0.15) is 10.7 Å². The number of aliphatic carboxylic acids is 1. The van der Waals surface area contributed by atoms with E-state index in [0.717, 1.165) is 0 Å². The summed E-state index contributed by atoms with van der Waals surface area (Å²) in [6.07, 6.45) is 1.24. The van der Waals surface area contributed by atoms with E-state index < -0.39 is 5.97 Å². The number of nitrogens with two attached hydrogens (primary N) is 1. The zero-order chi connectivity index (χ0) is 11.4. The highest BCUT2D eigenvalue weighted by atomic mass is 32.1. The lowest BCUT2D eigenvalue weighted by Gasteiger charge is -2.01. The Labute approximate surface area is 91.7 Å². The van der Waals surface area contributed by atoms with Crippen molar-refractivity contribution in [3.63, 3.8) is 0 Å². The van der Waals surface area contributed by atoms with Crippen LogP contribution in [0.15, 0.2) is 29.8 Å². The molecule has 0 fully saturated rings. The maximum Gasteiger partial charge on any atom is 0.338 e. The molecule has 15 heavy (non-hydrogen) atoms. The lowest BCUT2D eigenvalue weighted by molar-refractivity contribution is -0.131. The van der Waals surface area contributed by atoms with Crippen molar-refractivity contribution < 1.29 is 15.0 Å². The molecule has 0 aliphatic rings. The number of para-hydroxylation sites is 1. The van der Waals surface area contributed by atoms with E-state index in [4.69, 9.17) is 10.8 Å². The van der Waals surface area contributed by atoms with Gasteiger partial charge in [-0.05, 0) is 12.1 Å². The maximum absolute atomic E-state index is 10.7. The van der Waals surface area contributed by atoms with Crippen LogP contribution in [0.25, 0.3) is 6.08 Å². The van der Waals surface area contributed by atoms with Gasteiger partial charge in [-0.3, -0.25) is 0 Å². The molecule has 0 radical (unpaired) electrons. The highest BCUT2D eigenvalue weighted by molar-refractivity contribution is 7.80. The van der Waals surface area contributed by atoms with Crippen molar-refractivity contribution in [3.05, 3.63) is 35.4 Å². The van der Waals surface area contributed by atoms with Gasteiger partial charge in [0.05, 0.1) is 5.57 Å². The number of carboxylic acids is 1. The van der Waals surface area contributed by atoms with E-state index in [0.29, 0.717) is 5.56 Å². The molecule has 5 heteroatoms. The van der Waals surface area contributed by atoms with Crippen molar-refractivity contribution in [1.29, 1.82) is 0 Å². The lowest BCUT2D eigenvalue weighted by atomic mass is 10.1. The zero-order valence-corrected chi connectivity index (χ0v) is 8.49. The van der Waals surface area contributed by atoms with Gasteiger partial charge in [-0.1, -0.05) is 30.4 Å². The molecule has 0 aliphatic heterocycles. The molecule has 1 rings (SSSR count). The zero-order valence-electron chi connectivity index (χ0n) is 7.68. The highest BCUT2D eigenvalue weighted by Gasteiger charge is 2.11. The smallest absolute Gasteiger partial charge is 0.338 e. The molecule has 0 atom stereocenters. The molecule has 0 saturated carbocycles. The minimum Gasteiger partial charge on any atom is -0.507 e. The van der Waals surface area contributed by atoms with Crippen LogP contribution in [-0.4, -0.2) is 21.2 Å². The molecule has 1 aromatic carbocycles. The number of benzene rings is 1. The number of thiocarbonyl (C=S) groups is 1. The van der Waals surface area contributed by atoms with E-state index >= 15 is 0 Å². The molecular weight excluding hydrogens is 214 g/mol. The fourth-order valence-electron chi connectivity index (χ4n) is 1.00. The second-order valence-corrected chi connectivity index (χ2v) is 3.23. The predicted octanol–water partition coefficient (Wildman–Crippen LogP) is 1.15. The summed E-state index contributed by atoms with van der Waals surface area (Å²) in [5.41, 5.74) is 5.40. The van der Waals surface area contributed by atoms with Gasteiger partial charge in [0, 0.05) is 5.56 Å². The molecule has 0 spiro atoms. The van der Waals surface area contributed by atoms with E-state index in [-0.39, 0.29) is 16.3 Å². The minimum absolute atomic E-state index is 0.0208. The fraction of sp³-hybridized carbons (Fsp3) is 0. The van der Waals surface area contributed by atoms with Gasteiger partial charge in [-0.2, -0.15) is 0 Å². The van der Waals surface area contributed by atoms with Gasteiger partial charge in [0.25, 0.3) is 0 Å². The molecule has 1 aromatic rings. The first kappa shape index (κ1) is 11.2. The van der Waals surface area contributed by atoms with Gasteiger partial charge >= 0.3 is 5.97 Å². The van der Waals surface area contributed by atoms with E-state index in [2.05, 4.69) is 12.2 Å². The van der Waals surface area contributed by atoms with Crippen molar-refractivity contribution >= 4 is 29.3 Å². The van der Waals surface area contributed by atoms with Crippen LogP contribution in [0.4, 0.5) is 0 Å². The second-order valence-electron chi connectivity index (χ2n) is 2.79. The molecule has 4 nitrogen and oxygen atoms in total. The monoisotopic (exact) mass is 223 g/mol. The number of phenolic OH excluding ortho intramolecular Hbond substituents is 1. The van der Waals surface area contributed by atoms with Crippen LogP contribution in [0.1, 0.15) is 5.56 Å². The minimum atomic E-state index is -1.22. The maximum atomic E-state index is 10.7. The number of hydrogen-bond acceptors (Lipinski definition) is 3. The summed E-state index contributed by atoms with van der Waals surface area (Å²) < 4.78 is 0. The largest absolute Gasteiger partial charge is 0.507 e. The summed E-state index contributed by atoms with van der Waals surface area (Å²) in [6, 6.07) is 6.32. The summed E-state index contributed by atoms with van der Waals surface area (Å²) in [5.74, 6) is -1.24. The first-order chi connectivity index (χ1) is 7.02. The van der Waals surface area contributed by atoms with Crippen LogP contribution in [0.3, 0.4) is 0 Å². The van der Waals surface area contributed by atoms with Crippen LogP contribution < -0.4 is 5.73 Å². The molecule has 0 heterocycles. The normalized spacial score (nSPS) is 11.1. The second kappa shape index (κ2) is 4.56. The van der Waals surface area contributed by atoms with Crippen molar-refractivity contribution in [2.24, 2.45) is 5.73 Å². The van der Waals surface area contributed by atoms with E-state index in [1.54, 1.807) is 18.2 Å². The number of hydrogen-bond donors (Lipinski definition) is 3. The number of aromatic hydroxyl groups is 1. The SMILES string of the molecule is NC(=S)C(=Cc1ccccc1O)C(=O)O. The summed E-state index contributed by atoms with van der Waals surface area (Å²) in [5, 5.41) is 18.2. The summed E-state index contributed by atoms with van der Waals surface area (Å²) >= 11 is 4.58. The van der Waals surface area contributed by atoms with E-state index in [9.17, 15) is 9.90 Å². The molecule has 0 aliphatic carbocycles. The van der Waals surface area contributed by atoms with Gasteiger partial charge in [0.2, 0.25) is 0 Å². The molecule has 0 bridgehead atoms. The number of rotatable bonds is 3. The Kier molecular flexibility index (Phi) is 3.41.